The standard InChI is InChI=1S/C15H21N3S2/c1-2-16-8-15-17-12(11-20-15)9-18(13-5-6-13)10-14-4-3-7-19-14/h3-4,7,11,13,16H,2,5-6,8-10H2,1H3. The van der Waals surface area contributed by atoms with Crippen molar-refractivity contribution in [3.8, 4) is 0 Å². The fourth-order valence-electron chi connectivity index (χ4n) is 2.30. The zero-order chi connectivity index (χ0) is 13.8. The summed E-state index contributed by atoms with van der Waals surface area (Å²) in [5, 5.41) is 8.92. The highest BCUT2D eigenvalue weighted by atomic mass is 32.1. The van der Waals surface area contributed by atoms with Crippen LogP contribution in [0.25, 0.3) is 0 Å². The highest BCUT2D eigenvalue weighted by Gasteiger charge is 2.29. The second-order valence-corrected chi connectivity index (χ2v) is 7.20. The molecule has 0 bridgehead atoms. The molecule has 0 atom stereocenters. The van der Waals surface area contributed by atoms with E-state index in [0.717, 1.165) is 32.2 Å². The molecule has 0 unspecified atom stereocenters. The van der Waals surface area contributed by atoms with Gasteiger partial charge in [0.15, 0.2) is 0 Å². The van der Waals surface area contributed by atoms with Crippen molar-refractivity contribution in [2.45, 2.75) is 45.4 Å². The minimum Gasteiger partial charge on any atom is -0.311 e. The van der Waals surface area contributed by atoms with Gasteiger partial charge >= 0.3 is 0 Å². The van der Waals surface area contributed by atoms with Crippen molar-refractivity contribution in [3.05, 3.63) is 38.5 Å². The van der Waals surface area contributed by atoms with Crippen molar-refractivity contribution in [3.63, 3.8) is 0 Å². The Morgan fingerprint density at radius 1 is 1.35 bits per heavy atom. The predicted molar refractivity (Wildman–Crippen MR) is 86.1 cm³/mol. The molecule has 3 rings (SSSR count). The molecule has 1 fully saturated rings. The molecule has 1 N–H and O–H groups in total. The van der Waals surface area contributed by atoms with Gasteiger partial charge in [-0.3, -0.25) is 4.90 Å². The van der Waals surface area contributed by atoms with E-state index in [1.54, 1.807) is 11.3 Å². The van der Waals surface area contributed by atoms with Crippen molar-refractivity contribution >= 4 is 22.7 Å². The molecule has 1 aliphatic carbocycles. The van der Waals surface area contributed by atoms with Crippen molar-refractivity contribution in [1.82, 2.24) is 15.2 Å². The van der Waals surface area contributed by atoms with Gasteiger partial charge in [0.1, 0.15) is 5.01 Å². The lowest BCUT2D eigenvalue weighted by atomic mass is 10.3. The largest absolute Gasteiger partial charge is 0.311 e. The second-order valence-electron chi connectivity index (χ2n) is 5.23. The summed E-state index contributed by atoms with van der Waals surface area (Å²) >= 11 is 3.63. The monoisotopic (exact) mass is 307 g/mol. The molecule has 0 radical (unpaired) electrons. The third kappa shape index (κ3) is 3.88. The van der Waals surface area contributed by atoms with Crippen molar-refractivity contribution in [2.24, 2.45) is 0 Å². The van der Waals surface area contributed by atoms with Gasteiger partial charge in [-0.05, 0) is 30.8 Å². The topological polar surface area (TPSA) is 28.2 Å². The van der Waals surface area contributed by atoms with Gasteiger partial charge in [0.25, 0.3) is 0 Å². The van der Waals surface area contributed by atoms with Gasteiger partial charge in [0, 0.05) is 35.9 Å². The summed E-state index contributed by atoms with van der Waals surface area (Å²) in [5.41, 5.74) is 1.23. The Morgan fingerprint density at radius 2 is 2.25 bits per heavy atom. The molecule has 2 heterocycles. The van der Waals surface area contributed by atoms with E-state index in [9.17, 15) is 0 Å². The van der Waals surface area contributed by atoms with E-state index >= 15 is 0 Å². The molecule has 3 nitrogen and oxygen atoms in total. The molecule has 2 aromatic heterocycles. The van der Waals surface area contributed by atoms with Gasteiger partial charge in [-0.2, -0.15) is 0 Å². The maximum Gasteiger partial charge on any atom is 0.107 e. The smallest absolute Gasteiger partial charge is 0.107 e. The summed E-state index contributed by atoms with van der Waals surface area (Å²) in [5.74, 6) is 0. The van der Waals surface area contributed by atoms with E-state index in [4.69, 9.17) is 4.98 Å². The first-order valence-electron chi connectivity index (χ1n) is 7.25. The molecule has 2 aromatic rings. The van der Waals surface area contributed by atoms with Gasteiger partial charge in [0.2, 0.25) is 0 Å². The molecule has 1 aliphatic rings. The van der Waals surface area contributed by atoms with Crippen LogP contribution in [-0.2, 0) is 19.6 Å². The number of aromatic nitrogens is 1. The van der Waals surface area contributed by atoms with Crippen LogP contribution in [0.5, 0.6) is 0 Å². The van der Waals surface area contributed by atoms with Gasteiger partial charge in [0.05, 0.1) is 5.69 Å². The third-order valence-electron chi connectivity index (χ3n) is 3.49. The van der Waals surface area contributed by atoms with Crippen LogP contribution in [0.4, 0.5) is 0 Å². The van der Waals surface area contributed by atoms with Gasteiger partial charge in [-0.15, -0.1) is 22.7 Å². The fraction of sp³-hybridized carbons (Fsp3) is 0.533. The van der Waals surface area contributed by atoms with Crippen LogP contribution < -0.4 is 5.32 Å². The first kappa shape index (κ1) is 14.2. The van der Waals surface area contributed by atoms with E-state index in [-0.39, 0.29) is 0 Å². The second kappa shape index (κ2) is 6.80. The first-order chi connectivity index (χ1) is 9.85. The number of nitrogens with zero attached hydrogens (tertiary/aromatic N) is 2. The Balaban J connectivity index is 1.59. The van der Waals surface area contributed by atoms with Crippen molar-refractivity contribution < 1.29 is 0 Å². The number of nitrogens with one attached hydrogen (secondary N) is 1. The molecule has 0 saturated heterocycles. The van der Waals surface area contributed by atoms with Crippen LogP contribution in [0, 0.1) is 0 Å². The lowest BCUT2D eigenvalue weighted by Gasteiger charge is -2.20. The van der Waals surface area contributed by atoms with E-state index in [1.165, 1.54) is 28.4 Å². The van der Waals surface area contributed by atoms with Crippen LogP contribution >= 0.6 is 22.7 Å². The maximum absolute atomic E-state index is 4.74. The first-order valence-corrected chi connectivity index (χ1v) is 9.01. The molecular weight excluding hydrogens is 286 g/mol. The van der Waals surface area contributed by atoms with Crippen LogP contribution in [0.2, 0.25) is 0 Å². The molecule has 0 aromatic carbocycles. The van der Waals surface area contributed by atoms with Crippen LogP contribution in [0.1, 0.15) is 35.3 Å². The van der Waals surface area contributed by atoms with E-state index in [1.807, 2.05) is 11.3 Å². The summed E-state index contributed by atoms with van der Waals surface area (Å²) < 4.78 is 0. The number of thiazole rings is 1. The summed E-state index contributed by atoms with van der Waals surface area (Å²) in [6, 6.07) is 5.15. The van der Waals surface area contributed by atoms with Crippen LogP contribution in [-0.4, -0.2) is 22.5 Å². The molecule has 0 amide bonds. The van der Waals surface area contributed by atoms with Crippen LogP contribution in [0.3, 0.4) is 0 Å². The number of thiophene rings is 1. The molecule has 0 spiro atoms. The van der Waals surface area contributed by atoms with E-state index < -0.39 is 0 Å². The molecule has 1 saturated carbocycles. The number of hydrogen-bond donors (Lipinski definition) is 1. The summed E-state index contributed by atoms with van der Waals surface area (Å²) in [6.45, 7) is 6.09. The molecule has 20 heavy (non-hydrogen) atoms. The molecule has 108 valence electrons. The number of hydrogen-bond acceptors (Lipinski definition) is 5. The average molecular weight is 307 g/mol. The van der Waals surface area contributed by atoms with Gasteiger partial charge in [-0.1, -0.05) is 13.0 Å². The van der Waals surface area contributed by atoms with E-state index in [2.05, 4.69) is 40.0 Å². The van der Waals surface area contributed by atoms with Crippen molar-refractivity contribution in [2.75, 3.05) is 6.54 Å². The third-order valence-corrected chi connectivity index (χ3v) is 5.25. The average Bonchev–Trinajstić information content (AvgIpc) is 3.00. The molecular formula is C15H21N3S2. The summed E-state index contributed by atoms with van der Waals surface area (Å²) in [6.07, 6.45) is 2.69. The molecule has 5 heteroatoms. The normalized spacial score (nSPS) is 15.1. The predicted octanol–water partition coefficient (Wildman–Crippen LogP) is 3.48. The Labute approximate surface area is 128 Å². The number of rotatable bonds is 8. The SMILES string of the molecule is CCNCc1nc(CN(Cc2cccs2)C2CC2)cs1. The minimum atomic E-state index is 0.774. The van der Waals surface area contributed by atoms with Gasteiger partial charge in [-0.25, -0.2) is 4.98 Å². The Bertz CT molecular complexity index is 517. The zero-order valence-corrected chi connectivity index (χ0v) is 13.5. The fourth-order valence-corrected chi connectivity index (χ4v) is 3.78. The summed E-state index contributed by atoms with van der Waals surface area (Å²) in [7, 11) is 0. The van der Waals surface area contributed by atoms with E-state index in [0.29, 0.717) is 0 Å². The highest BCUT2D eigenvalue weighted by molar-refractivity contribution is 7.10. The lowest BCUT2D eigenvalue weighted by Crippen LogP contribution is -2.24. The quantitative estimate of drug-likeness (QED) is 0.809. The molecule has 0 aliphatic heterocycles. The Hall–Kier alpha value is -0.750. The minimum absolute atomic E-state index is 0.774. The zero-order valence-electron chi connectivity index (χ0n) is 11.8. The maximum atomic E-state index is 4.74. The summed E-state index contributed by atoms with van der Waals surface area (Å²) in [4.78, 5) is 8.78. The Kier molecular flexibility index (Phi) is 4.83. The lowest BCUT2D eigenvalue weighted by molar-refractivity contribution is 0.245. The van der Waals surface area contributed by atoms with Crippen LogP contribution in [0.15, 0.2) is 22.9 Å². The highest BCUT2D eigenvalue weighted by Crippen LogP contribution is 2.30. The Morgan fingerprint density at radius 3 is 2.95 bits per heavy atom. The van der Waals surface area contributed by atoms with Gasteiger partial charge < -0.3 is 5.32 Å². The van der Waals surface area contributed by atoms with Crippen molar-refractivity contribution in [1.29, 1.82) is 0 Å².